The molecule has 2 N–H and O–H groups in total. The summed E-state index contributed by atoms with van der Waals surface area (Å²) >= 11 is 0. The second-order valence-electron chi connectivity index (χ2n) is 4.24. The van der Waals surface area contributed by atoms with Gasteiger partial charge in [0.15, 0.2) is 0 Å². The average Bonchev–Trinajstić information content (AvgIpc) is 1.82. The molecule has 0 saturated carbocycles. The normalized spacial score (nSPS) is 28.7. The Bertz CT molecular complexity index is 189. The van der Waals surface area contributed by atoms with Gasteiger partial charge >= 0.3 is 0 Å². The predicted molar refractivity (Wildman–Crippen MR) is 48.7 cm³/mol. The van der Waals surface area contributed by atoms with Crippen LogP contribution in [0.4, 0.5) is 0 Å². The highest BCUT2D eigenvalue weighted by Gasteiger charge is 2.34. The van der Waals surface area contributed by atoms with Crippen LogP contribution in [0.2, 0.25) is 0 Å². The summed E-state index contributed by atoms with van der Waals surface area (Å²) in [6, 6.07) is 0.260. The Morgan fingerprint density at radius 1 is 1.58 bits per heavy atom. The minimum absolute atomic E-state index is 0.0521. The molecule has 0 spiro atoms. The topological polar surface area (TPSA) is 46.3 Å². The lowest BCUT2D eigenvalue weighted by molar-refractivity contribution is -0.136. The van der Waals surface area contributed by atoms with Gasteiger partial charge in [0.25, 0.3) is 0 Å². The number of carbonyl (C=O) groups is 1. The quantitative estimate of drug-likeness (QED) is 0.582. The monoisotopic (exact) mass is 170 g/mol. The first-order valence-corrected chi connectivity index (χ1v) is 4.47. The summed E-state index contributed by atoms with van der Waals surface area (Å²) in [5, 5.41) is 0. The maximum atomic E-state index is 11.2. The van der Waals surface area contributed by atoms with E-state index in [-0.39, 0.29) is 17.5 Å². The van der Waals surface area contributed by atoms with E-state index >= 15 is 0 Å². The van der Waals surface area contributed by atoms with Crippen LogP contribution in [0.15, 0.2) is 0 Å². The maximum absolute atomic E-state index is 11.2. The van der Waals surface area contributed by atoms with Crippen molar-refractivity contribution < 1.29 is 4.79 Å². The molecular weight excluding hydrogens is 152 g/mol. The summed E-state index contributed by atoms with van der Waals surface area (Å²) in [5.74, 6) is 0.159. The molecule has 3 nitrogen and oxygen atoms in total. The second-order valence-corrected chi connectivity index (χ2v) is 4.24. The molecule has 1 fully saturated rings. The largest absolute Gasteiger partial charge is 0.338 e. The van der Waals surface area contributed by atoms with Crippen LogP contribution in [0.25, 0.3) is 0 Å². The van der Waals surface area contributed by atoms with Gasteiger partial charge in [-0.15, -0.1) is 0 Å². The van der Waals surface area contributed by atoms with Crippen LogP contribution in [0, 0.1) is 0 Å². The molecule has 70 valence electrons. The molecule has 12 heavy (non-hydrogen) atoms. The van der Waals surface area contributed by atoms with Crippen LogP contribution < -0.4 is 5.73 Å². The molecule has 1 aliphatic heterocycles. The van der Waals surface area contributed by atoms with E-state index < -0.39 is 0 Å². The highest BCUT2D eigenvalue weighted by molar-refractivity contribution is 5.74. The number of piperidine rings is 1. The molecule has 0 aromatic rings. The summed E-state index contributed by atoms with van der Waals surface area (Å²) in [6.45, 7) is 6.59. The first-order chi connectivity index (χ1) is 5.43. The summed E-state index contributed by atoms with van der Waals surface area (Å²) in [7, 11) is 0. The van der Waals surface area contributed by atoms with Gasteiger partial charge in [-0.1, -0.05) is 0 Å². The summed E-state index contributed by atoms with van der Waals surface area (Å²) < 4.78 is 0. The minimum atomic E-state index is -0.0521. The van der Waals surface area contributed by atoms with E-state index in [2.05, 4.69) is 13.8 Å². The Balaban J connectivity index is 2.70. The van der Waals surface area contributed by atoms with Crippen molar-refractivity contribution in [2.24, 2.45) is 5.73 Å². The fourth-order valence-electron chi connectivity index (χ4n) is 2.04. The van der Waals surface area contributed by atoms with Gasteiger partial charge in [0.2, 0.25) is 5.91 Å². The Morgan fingerprint density at radius 2 is 2.17 bits per heavy atom. The van der Waals surface area contributed by atoms with Gasteiger partial charge in [-0.3, -0.25) is 4.79 Å². The molecule has 0 aromatic carbocycles. The summed E-state index contributed by atoms with van der Waals surface area (Å²) in [6.07, 6.45) is 1.84. The minimum Gasteiger partial charge on any atom is -0.338 e. The van der Waals surface area contributed by atoms with Gasteiger partial charge in [-0.05, 0) is 26.7 Å². The molecule has 1 saturated heterocycles. The zero-order valence-corrected chi connectivity index (χ0v) is 8.13. The van der Waals surface area contributed by atoms with Gasteiger partial charge in [-0.2, -0.15) is 0 Å². The van der Waals surface area contributed by atoms with Crippen LogP contribution in [-0.2, 0) is 4.79 Å². The van der Waals surface area contributed by atoms with Gasteiger partial charge in [0.1, 0.15) is 0 Å². The third-order valence-corrected chi connectivity index (χ3v) is 2.60. The first-order valence-electron chi connectivity index (χ1n) is 4.47. The van der Waals surface area contributed by atoms with Crippen molar-refractivity contribution in [3.8, 4) is 0 Å². The molecule has 0 aliphatic carbocycles. The Morgan fingerprint density at radius 3 is 2.58 bits per heavy atom. The Labute approximate surface area is 73.9 Å². The van der Waals surface area contributed by atoms with Gasteiger partial charge < -0.3 is 10.6 Å². The van der Waals surface area contributed by atoms with E-state index in [0.29, 0.717) is 0 Å². The number of rotatable bonds is 0. The van der Waals surface area contributed by atoms with E-state index in [4.69, 9.17) is 5.73 Å². The molecule has 1 atom stereocenters. The number of amides is 1. The third-order valence-electron chi connectivity index (χ3n) is 2.60. The summed E-state index contributed by atoms with van der Waals surface area (Å²) in [5.41, 5.74) is 5.78. The highest BCUT2D eigenvalue weighted by atomic mass is 16.2. The number of hydrogen-bond donors (Lipinski definition) is 1. The first kappa shape index (κ1) is 9.52. The second kappa shape index (κ2) is 3.05. The van der Waals surface area contributed by atoms with Crippen LogP contribution in [0.5, 0.6) is 0 Å². The smallest absolute Gasteiger partial charge is 0.219 e. The van der Waals surface area contributed by atoms with Crippen LogP contribution in [-0.4, -0.2) is 28.9 Å². The number of nitrogens with zero attached hydrogens (tertiary/aromatic N) is 1. The van der Waals surface area contributed by atoms with E-state index in [1.807, 2.05) is 4.90 Å². The molecule has 0 bridgehead atoms. The molecule has 1 amide bonds. The molecule has 0 radical (unpaired) electrons. The van der Waals surface area contributed by atoms with Crippen molar-refractivity contribution in [1.29, 1.82) is 0 Å². The number of likely N-dealkylation sites (tertiary alicyclic amines) is 1. The van der Waals surface area contributed by atoms with Gasteiger partial charge in [-0.25, -0.2) is 0 Å². The SMILES string of the molecule is CC(=O)N1CCC(N)CC1(C)C. The van der Waals surface area contributed by atoms with Gasteiger partial charge in [0, 0.05) is 25.0 Å². The summed E-state index contributed by atoms with van der Waals surface area (Å²) in [4.78, 5) is 13.1. The van der Waals surface area contributed by atoms with Crippen molar-refractivity contribution in [2.45, 2.75) is 45.2 Å². The molecular formula is C9H18N2O. The standard InChI is InChI=1S/C9H18N2O/c1-7(12)11-5-4-8(10)6-9(11,2)3/h8H,4-6,10H2,1-3H3. The fraction of sp³-hybridized carbons (Fsp3) is 0.889. The van der Waals surface area contributed by atoms with Crippen molar-refractivity contribution >= 4 is 5.91 Å². The van der Waals surface area contributed by atoms with Crippen molar-refractivity contribution in [3.05, 3.63) is 0 Å². The zero-order valence-electron chi connectivity index (χ0n) is 8.13. The maximum Gasteiger partial charge on any atom is 0.219 e. The lowest BCUT2D eigenvalue weighted by Gasteiger charge is -2.44. The van der Waals surface area contributed by atoms with E-state index in [9.17, 15) is 4.79 Å². The van der Waals surface area contributed by atoms with Crippen molar-refractivity contribution in [3.63, 3.8) is 0 Å². The molecule has 1 unspecified atom stereocenters. The van der Waals surface area contributed by atoms with E-state index in [0.717, 1.165) is 19.4 Å². The lowest BCUT2D eigenvalue weighted by Crippen LogP contribution is -2.55. The van der Waals surface area contributed by atoms with Crippen LogP contribution >= 0.6 is 0 Å². The van der Waals surface area contributed by atoms with Crippen molar-refractivity contribution in [2.75, 3.05) is 6.54 Å². The zero-order chi connectivity index (χ0) is 9.35. The lowest BCUT2D eigenvalue weighted by atomic mass is 9.87. The molecule has 1 rings (SSSR count). The molecule has 1 heterocycles. The van der Waals surface area contributed by atoms with Gasteiger partial charge in [0.05, 0.1) is 0 Å². The fourth-order valence-corrected chi connectivity index (χ4v) is 2.04. The molecule has 3 heteroatoms. The van der Waals surface area contributed by atoms with E-state index in [1.165, 1.54) is 0 Å². The Hall–Kier alpha value is -0.570. The number of carbonyl (C=O) groups excluding carboxylic acids is 1. The number of hydrogen-bond acceptors (Lipinski definition) is 2. The Kier molecular flexibility index (Phi) is 2.42. The van der Waals surface area contributed by atoms with Crippen molar-refractivity contribution in [1.82, 2.24) is 4.90 Å². The van der Waals surface area contributed by atoms with Crippen LogP contribution in [0.1, 0.15) is 33.6 Å². The number of nitrogens with two attached hydrogens (primary N) is 1. The van der Waals surface area contributed by atoms with E-state index in [1.54, 1.807) is 6.92 Å². The third kappa shape index (κ3) is 1.78. The molecule has 1 aliphatic rings. The average molecular weight is 170 g/mol. The predicted octanol–water partition coefficient (Wildman–Crippen LogP) is 0.735. The molecule has 0 aromatic heterocycles. The van der Waals surface area contributed by atoms with Crippen LogP contribution in [0.3, 0.4) is 0 Å². The highest BCUT2D eigenvalue weighted by Crippen LogP contribution is 2.26.